The van der Waals surface area contributed by atoms with Gasteiger partial charge in [-0.1, -0.05) is 11.6 Å². The molecule has 0 bridgehead atoms. The Kier molecular flexibility index (Phi) is 3.58. The van der Waals surface area contributed by atoms with Crippen molar-refractivity contribution in [3.05, 3.63) is 35.8 Å². The molecule has 0 aliphatic rings. The van der Waals surface area contributed by atoms with Crippen LogP contribution < -0.4 is 4.90 Å². The Morgan fingerprint density at radius 3 is 2.77 bits per heavy atom. The Bertz CT molecular complexity index is 288. The summed E-state index contributed by atoms with van der Waals surface area (Å²) in [5.74, 6) is 0.205. The summed E-state index contributed by atoms with van der Waals surface area (Å²) in [4.78, 5) is 1.15. The normalized spacial score (nSPS) is 12.8. The van der Waals surface area contributed by atoms with E-state index in [4.69, 9.17) is 16.7 Å². The standard InChI is InChI=1S/C10H14ClNO/c1-3-12(2)7-8-4-5-9(13)6-10(8)11/h4-6,12-13H,2-3,7H2,1H3. The van der Waals surface area contributed by atoms with Gasteiger partial charge >= 0.3 is 0 Å². The molecule has 0 radical (unpaired) electrons. The van der Waals surface area contributed by atoms with Crippen LogP contribution in [0.4, 0.5) is 0 Å². The van der Waals surface area contributed by atoms with Crippen LogP contribution in [-0.4, -0.2) is 11.7 Å². The fourth-order valence-electron chi connectivity index (χ4n) is 1.07. The number of nitrogens with one attached hydrogen (secondary N) is 1. The summed E-state index contributed by atoms with van der Waals surface area (Å²) in [5, 5.41) is 9.73. The van der Waals surface area contributed by atoms with Crippen molar-refractivity contribution in [1.29, 1.82) is 0 Å². The first-order valence-corrected chi connectivity index (χ1v) is 4.65. The van der Waals surface area contributed by atoms with E-state index >= 15 is 0 Å². The molecule has 1 unspecified atom stereocenters. The van der Waals surface area contributed by atoms with Gasteiger partial charge in [-0.15, -0.1) is 0 Å². The van der Waals surface area contributed by atoms with Crippen LogP contribution in [0, 0.1) is 7.05 Å². The van der Waals surface area contributed by atoms with Crippen molar-refractivity contribution in [1.82, 2.24) is 0 Å². The van der Waals surface area contributed by atoms with Gasteiger partial charge in [0.25, 0.3) is 0 Å². The highest BCUT2D eigenvalue weighted by atomic mass is 35.5. The van der Waals surface area contributed by atoms with Gasteiger partial charge in [0, 0.05) is 5.56 Å². The van der Waals surface area contributed by atoms with E-state index in [-0.39, 0.29) is 5.75 Å². The highest BCUT2D eigenvalue weighted by molar-refractivity contribution is 6.31. The third-order valence-electron chi connectivity index (χ3n) is 1.98. The highest BCUT2D eigenvalue weighted by Crippen LogP contribution is 2.20. The van der Waals surface area contributed by atoms with Crippen molar-refractivity contribution in [3.63, 3.8) is 0 Å². The molecule has 0 saturated heterocycles. The maximum Gasteiger partial charge on any atom is 0.117 e. The van der Waals surface area contributed by atoms with Gasteiger partial charge < -0.3 is 10.0 Å². The van der Waals surface area contributed by atoms with E-state index in [0.29, 0.717) is 5.02 Å². The third-order valence-corrected chi connectivity index (χ3v) is 2.33. The summed E-state index contributed by atoms with van der Waals surface area (Å²) in [5.41, 5.74) is 1.02. The number of aromatic hydroxyl groups is 1. The second kappa shape index (κ2) is 4.49. The molecule has 1 atom stereocenters. The summed E-state index contributed by atoms with van der Waals surface area (Å²) in [6.07, 6.45) is 0. The van der Waals surface area contributed by atoms with Gasteiger partial charge in [-0.2, -0.15) is 7.05 Å². The molecule has 0 aromatic heterocycles. The van der Waals surface area contributed by atoms with E-state index in [1.54, 1.807) is 12.1 Å². The minimum absolute atomic E-state index is 0.205. The summed E-state index contributed by atoms with van der Waals surface area (Å²) in [6, 6.07) is 5.03. The molecule has 1 aromatic rings. The van der Waals surface area contributed by atoms with E-state index in [2.05, 4.69) is 14.0 Å². The number of halogens is 1. The topological polar surface area (TPSA) is 24.7 Å². The number of rotatable bonds is 3. The van der Waals surface area contributed by atoms with Crippen LogP contribution in [0.1, 0.15) is 12.5 Å². The number of quaternary nitrogens is 1. The van der Waals surface area contributed by atoms with Crippen molar-refractivity contribution >= 4 is 11.6 Å². The molecule has 0 spiro atoms. The monoisotopic (exact) mass is 199 g/mol. The third kappa shape index (κ3) is 2.90. The first-order chi connectivity index (χ1) is 6.13. The predicted molar refractivity (Wildman–Crippen MR) is 53.7 cm³/mol. The lowest BCUT2D eigenvalue weighted by molar-refractivity contribution is -0.866. The minimum atomic E-state index is 0.205. The molecule has 0 saturated carbocycles. The summed E-state index contributed by atoms with van der Waals surface area (Å²) in [7, 11) is 3.91. The van der Waals surface area contributed by atoms with E-state index in [1.807, 2.05) is 6.07 Å². The molecular weight excluding hydrogens is 186 g/mol. The van der Waals surface area contributed by atoms with Gasteiger partial charge in [0.2, 0.25) is 0 Å². The van der Waals surface area contributed by atoms with Crippen LogP contribution in [0.3, 0.4) is 0 Å². The number of phenols is 1. The maximum atomic E-state index is 9.12. The van der Waals surface area contributed by atoms with Gasteiger partial charge in [0.15, 0.2) is 0 Å². The molecular formula is C10H14ClNO. The lowest BCUT2D eigenvalue weighted by Crippen LogP contribution is -3.05. The summed E-state index contributed by atoms with van der Waals surface area (Å²) in [6.45, 7) is 3.81. The minimum Gasteiger partial charge on any atom is -0.508 e. The second-order valence-corrected chi connectivity index (χ2v) is 3.46. The predicted octanol–water partition coefficient (Wildman–Crippen LogP) is 1.24. The van der Waals surface area contributed by atoms with Crippen LogP contribution in [0.15, 0.2) is 18.2 Å². The highest BCUT2D eigenvalue weighted by Gasteiger charge is 2.03. The average Bonchev–Trinajstić information content (AvgIpc) is 2.09. The van der Waals surface area contributed by atoms with Crippen molar-refractivity contribution in [2.75, 3.05) is 6.54 Å². The number of hydrogen-bond donors (Lipinski definition) is 2. The van der Waals surface area contributed by atoms with Crippen molar-refractivity contribution in [3.8, 4) is 5.75 Å². The Hall–Kier alpha value is -0.730. The molecule has 1 rings (SSSR count). The van der Waals surface area contributed by atoms with Crippen LogP contribution >= 0.6 is 11.6 Å². The Morgan fingerprint density at radius 2 is 2.23 bits per heavy atom. The zero-order valence-electron chi connectivity index (χ0n) is 7.68. The Morgan fingerprint density at radius 1 is 1.54 bits per heavy atom. The molecule has 0 fully saturated rings. The molecule has 0 amide bonds. The Labute approximate surface area is 83.7 Å². The zero-order valence-corrected chi connectivity index (χ0v) is 8.43. The van der Waals surface area contributed by atoms with Gasteiger partial charge in [-0.3, -0.25) is 0 Å². The number of phenolic OH excluding ortho intramolecular Hbond substituents is 1. The SMILES string of the molecule is [CH2-][NH+](CC)Cc1ccc(O)cc1Cl. The van der Waals surface area contributed by atoms with Gasteiger partial charge in [0.05, 0.1) is 18.1 Å². The Balaban J connectivity index is 2.77. The van der Waals surface area contributed by atoms with E-state index in [1.165, 1.54) is 0 Å². The fraction of sp³-hybridized carbons (Fsp3) is 0.300. The molecule has 2 nitrogen and oxygen atoms in total. The van der Waals surface area contributed by atoms with Gasteiger partial charge in [-0.25, -0.2) is 0 Å². The lowest BCUT2D eigenvalue weighted by Gasteiger charge is -2.19. The molecule has 72 valence electrons. The molecule has 13 heavy (non-hydrogen) atoms. The van der Waals surface area contributed by atoms with Crippen molar-refractivity contribution in [2.24, 2.45) is 0 Å². The molecule has 3 heteroatoms. The molecule has 0 aliphatic heterocycles. The molecule has 2 N–H and O–H groups in total. The lowest BCUT2D eigenvalue weighted by atomic mass is 10.2. The second-order valence-electron chi connectivity index (χ2n) is 3.06. The smallest absolute Gasteiger partial charge is 0.117 e. The molecule has 0 aliphatic carbocycles. The van der Waals surface area contributed by atoms with Crippen LogP contribution in [0.25, 0.3) is 0 Å². The number of benzene rings is 1. The van der Waals surface area contributed by atoms with Gasteiger partial charge in [0.1, 0.15) is 5.75 Å². The van der Waals surface area contributed by atoms with E-state index < -0.39 is 0 Å². The molecule has 1 aromatic carbocycles. The quantitative estimate of drug-likeness (QED) is 0.704. The van der Waals surface area contributed by atoms with E-state index in [0.717, 1.165) is 23.6 Å². The van der Waals surface area contributed by atoms with Crippen LogP contribution in [0.2, 0.25) is 5.02 Å². The van der Waals surface area contributed by atoms with Crippen LogP contribution in [0.5, 0.6) is 5.75 Å². The average molecular weight is 200 g/mol. The summed E-state index contributed by atoms with van der Waals surface area (Å²) >= 11 is 5.93. The van der Waals surface area contributed by atoms with Gasteiger partial charge in [-0.05, 0) is 25.1 Å². The van der Waals surface area contributed by atoms with Crippen molar-refractivity contribution < 1.29 is 10.0 Å². The maximum absolute atomic E-state index is 9.12. The number of hydrogen-bond acceptors (Lipinski definition) is 1. The first kappa shape index (κ1) is 10.4. The molecule has 0 heterocycles. The largest absolute Gasteiger partial charge is 0.508 e. The fourth-order valence-corrected chi connectivity index (χ4v) is 1.32. The zero-order chi connectivity index (χ0) is 9.84. The van der Waals surface area contributed by atoms with E-state index in [9.17, 15) is 0 Å². The first-order valence-electron chi connectivity index (χ1n) is 4.27. The van der Waals surface area contributed by atoms with Crippen LogP contribution in [-0.2, 0) is 6.54 Å². The van der Waals surface area contributed by atoms with Crippen molar-refractivity contribution in [2.45, 2.75) is 13.5 Å². The summed E-state index contributed by atoms with van der Waals surface area (Å²) < 4.78 is 0.